The maximum absolute atomic E-state index is 11.4. The fourth-order valence-corrected chi connectivity index (χ4v) is 3.33. The Labute approximate surface area is 126 Å². The maximum Gasteiger partial charge on any atom is 0.267 e. The van der Waals surface area contributed by atoms with Crippen LogP contribution in [0.2, 0.25) is 0 Å². The van der Waals surface area contributed by atoms with Crippen LogP contribution < -0.4 is 5.73 Å². The molecule has 1 aromatic carbocycles. The number of halogens is 1. The van der Waals surface area contributed by atoms with E-state index in [4.69, 9.17) is 11.0 Å². The molecule has 102 valence electrons. The van der Waals surface area contributed by atoms with E-state index in [9.17, 15) is 4.79 Å². The molecule has 1 aromatic heterocycles. The van der Waals surface area contributed by atoms with Crippen LogP contribution in [-0.2, 0) is 0 Å². The molecule has 0 saturated heterocycles. The minimum atomic E-state index is -0.472. The summed E-state index contributed by atoms with van der Waals surface area (Å²) in [5, 5.41) is 9.61. The van der Waals surface area contributed by atoms with Crippen LogP contribution in [0.25, 0.3) is 0 Å². The van der Waals surface area contributed by atoms with Crippen LogP contribution in [0.3, 0.4) is 0 Å². The number of aromatic nitrogens is 2. The van der Waals surface area contributed by atoms with E-state index in [1.807, 2.05) is 16.7 Å². The van der Waals surface area contributed by atoms with Crippen LogP contribution >= 0.6 is 24.2 Å². The van der Waals surface area contributed by atoms with Crippen LogP contribution in [-0.4, -0.2) is 21.2 Å². The van der Waals surface area contributed by atoms with E-state index >= 15 is 0 Å². The van der Waals surface area contributed by atoms with Gasteiger partial charge in [-0.25, -0.2) is 4.98 Å². The highest BCUT2D eigenvalue weighted by atomic mass is 35.5. The number of hydrogen-bond donors (Lipinski definition) is 1. The number of benzene rings is 1. The molecule has 2 aromatic rings. The summed E-state index contributed by atoms with van der Waals surface area (Å²) in [4.78, 5) is 15.6. The van der Waals surface area contributed by atoms with Crippen molar-refractivity contribution in [1.82, 2.24) is 9.55 Å². The number of carbonyl (C=O) groups is 1. The van der Waals surface area contributed by atoms with Gasteiger partial charge in [0, 0.05) is 5.75 Å². The monoisotopic (exact) mass is 306 g/mol. The normalized spacial score (nSPS) is 16.1. The summed E-state index contributed by atoms with van der Waals surface area (Å²) >= 11 is 1.60. The van der Waals surface area contributed by atoms with Crippen molar-refractivity contribution in [2.45, 2.75) is 11.2 Å². The van der Waals surface area contributed by atoms with E-state index in [-0.39, 0.29) is 18.4 Å². The molecule has 1 atom stereocenters. The molecular weight excluding hydrogens is 296 g/mol. The molecule has 1 aliphatic rings. The lowest BCUT2D eigenvalue weighted by molar-refractivity contribution is 0.0990. The van der Waals surface area contributed by atoms with E-state index in [2.05, 4.69) is 11.1 Å². The quantitative estimate of drug-likeness (QED) is 0.919. The lowest BCUT2D eigenvalue weighted by Gasteiger charge is -2.14. The average Bonchev–Trinajstić information content (AvgIpc) is 2.99. The predicted octanol–water partition coefficient (Wildman–Crippen LogP) is 1.97. The van der Waals surface area contributed by atoms with Crippen LogP contribution in [0.5, 0.6) is 0 Å². The van der Waals surface area contributed by atoms with Gasteiger partial charge < -0.3 is 10.3 Å². The molecule has 0 bridgehead atoms. The second kappa shape index (κ2) is 5.57. The number of rotatable bonds is 2. The van der Waals surface area contributed by atoms with Gasteiger partial charge in [-0.05, 0) is 17.7 Å². The van der Waals surface area contributed by atoms with E-state index in [1.165, 1.54) is 6.20 Å². The fourth-order valence-electron chi connectivity index (χ4n) is 2.19. The Morgan fingerprint density at radius 1 is 1.45 bits per heavy atom. The molecule has 2 heterocycles. The number of thioether (sulfide) groups is 1. The summed E-state index contributed by atoms with van der Waals surface area (Å²) in [5.41, 5.74) is 7.46. The van der Waals surface area contributed by atoms with Crippen molar-refractivity contribution in [1.29, 1.82) is 5.26 Å². The van der Waals surface area contributed by atoms with Crippen molar-refractivity contribution in [3.05, 3.63) is 47.3 Å². The zero-order valence-corrected chi connectivity index (χ0v) is 11.9. The maximum atomic E-state index is 11.4. The van der Waals surface area contributed by atoms with Crippen LogP contribution in [0.15, 0.2) is 35.6 Å². The van der Waals surface area contributed by atoms with Gasteiger partial charge in [-0.1, -0.05) is 23.9 Å². The number of hydrogen-bond acceptors (Lipinski definition) is 4. The highest BCUT2D eigenvalue weighted by Crippen LogP contribution is 2.37. The molecule has 2 N–H and O–H groups in total. The predicted molar refractivity (Wildman–Crippen MR) is 78.0 cm³/mol. The minimum absolute atomic E-state index is 0. The van der Waals surface area contributed by atoms with Gasteiger partial charge in [0.2, 0.25) is 0 Å². The summed E-state index contributed by atoms with van der Waals surface area (Å²) in [6.45, 7) is 0. The molecule has 1 unspecified atom stereocenters. The lowest BCUT2D eigenvalue weighted by atomic mass is 10.1. The van der Waals surface area contributed by atoms with Crippen molar-refractivity contribution < 1.29 is 4.79 Å². The van der Waals surface area contributed by atoms with Crippen molar-refractivity contribution >= 4 is 30.1 Å². The van der Waals surface area contributed by atoms with Crippen molar-refractivity contribution in [3.63, 3.8) is 0 Å². The van der Waals surface area contributed by atoms with Crippen molar-refractivity contribution in [2.75, 3.05) is 5.75 Å². The van der Waals surface area contributed by atoms with Crippen molar-refractivity contribution in [3.8, 4) is 6.07 Å². The number of nitrogens with two attached hydrogens (primary N) is 1. The summed E-state index contributed by atoms with van der Waals surface area (Å²) in [6, 6.07) is 9.50. The first kappa shape index (κ1) is 14.4. The first-order valence-electron chi connectivity index (χ1n) is 5.70. The van der Waals surface area contributed by atoms with Gasteiger partial charge >= 0.3 is 0 Å². The summed E-state index contributed by atoms with van der Waals surface area (Å²) in [5.74, 6) is 0.343. The summed E-state index contributed by atoms with van der Waals surface area (Å²) in [6.07, 6.45) is 1.51. The SMILES string of the molecule is Cl.N#Cc1ccc(C2CSc3ncc(C(N)=O)n32)cc1. The van der Waals surface area contributed by atoms with Gasteiger partial charge in [-0.2, -0.15) is 5.26 Å². The lowest BCUT2D eigenvalue weighted by Crippen LogP contribution is -2.20. The fraction of sp³-hybridized carbons (Fsp3) is 0.154. The smallest absolute Gasteiger partial charge is 0.267 e. The molecule has 1 amide bonds. The summed E-state index contributed by atoms with van der Waals surface area (Å²) in [7, 11) is 0. The van der Waals surface area contributed by atoms with Gasteiger partial charge in [-0.15, -0.1) is 12.4 Å². The Kier molecular flexibility index (Phi) is 4.02. The molecule has 0 fully saturated rings. The Bertz CT molecular complexity index is 689. The number of nitriles is 1. The third-order valence-corrected chi connectivity index (χ3v) is 4.16. The van der Waals surface area contributed by atoms with E-state index in [1.54, 1.807) is 23.9 Å². The third-order valence-electron chi connectivity index (χ3n) is 3.12. The molecule has 3 rings (SSSR count). The first-order chi connectivity index (χ1) is 9.20. The van der Waals surface area contributed by atoms with Gasteiger partial charge in [0.25, 0.3) is 5.91 Å². The third kappa shape index (κ3) is 2.26. The number of carbonyl (C=O) groups excluding carboxylic acids is 1. The Morgan fingerprint density at radius 3 is 2.75 bits per heavy atom. The van der Waals surface area contributed by atoms with E-state index in [0.29, 0.717) is 11.3 Å². The Hall–Kier alpha value is -1.97. The van der Waals surface area contributed by atoms with Gasteiger partial charge in [0.15, 0.2) is 5.16 Å². The largest absolute Gasteiger partial charge is 0.364 e. The molecule has 0 radical (unpaired) electrons. The second-order valence-electron chi connectivity index (χ2n) is 4.22. The molecule has 1 aliphatic heterocycles. The number of nitrogens with zero attached hydrogens (tertiary/aromatic N) is 3. The standard InChI is InChI=1S/C13H10N4OS.ClH/c14-5-8-1-3-9(4-2-8)11-7-19-13-16-6-10(12(15)18)17(11)13;/h1-4,6,11H,7H2,(H2,15,18);1H. The zero-order valence-electron chi connectivity index (χ0n) is 10.3. The van der Waals surface area contributed by atoms with Gasteiger partial charge in [-0.3, -0.25) is 4.79 Å². The van der Waals surface area contributed by atoms with E-state index in [0.717, 1.165) is 16.5 Å². The number of imidazole rings is 1. The first-order valence-corrected chi connectivity index (χ1v) is 6.69. The topological polar surface area (TPSA) is 84.7 Å². The molecule has 5 nitrogen and oxygen atoms in total. The average molecular weight is 307 g/mol. The molecule has 20 heavy (non-hydrogen) atoms. The number of fused-ring (bicyclic) bond motifs is 1. The van der Waals surface area contributed by atoms with Crippen LogP contribution in [0, 0.1) is 11.3 Å². The second-order valence-corrected chi connectivity index (χ2v) is 5.21. The number of amides is 1. The molecule has 0 spiro atoms. The molecule has 0 aliphatic carbocycles. The van der Waals surface area contributed by atoms with Crippen molar-refractivity contribution in [2.24, 2.45) is 5.73 Å². The molecular formula is C13H11ClN4OS. The van der Waals surface area contributed by atoms with Gasteiger partial charge in [0.05, 0.1) is 23.9 Å². The molecule has 7 heteroatoms. The highest BCUT2D eigenvalue weighted by molar-refractivity contribution is 7.99. The van der Waals surface area contributed by atoms with Crippen LogP contribution in [0.1, 0.15) is 27.7 Å². The Morgan fingerprint density at radius 2 is 2.15 bits per heavy atom. The zero-order chi connectivity index (χ0) is 13.4. The summed E-state index contributed by atoms with van der Waals surface area (Å²) < 4.78 is 1.87. The Balaban J connectivity index is 0.00000147. The van der Waals surface area contributed by atoms with Gasteiger partial charge in [0.1, 0.15) is 5.69 Å². The van der Waals surface area contributed by atoms with Crippen LogP contribution in [0.4, 0.5) is 0 Å². The molecule has 0 saturated carbocycles. The minimum Gasteiger partial charge on any atom is -0.364 e. The highest BCUT2D eigenvalue weighted by Gasteiger charge is 2.29. The number of primary amides is 1. The van der Waals surface area contributed by atoms with E-state index < -0.39 is 5.91 Å².